The number of rotatable bonds is 1. The van der Waals surface area contributed by atoms with Crippen LogP contribution in [0.25, 0.3) is 0 Å². The molecule has 4 nitrogen and oxygen atoms in total. The van der Waals surface area contributed by atoms with Crippen LogP contribution in [-0.4, -0.2) is 18.4 Å². The lowest BCUT2D eigenvalue weighted by Crippen LogP contribution is -1.96. The Bertz CT molecular complexity index is 300. The van der Waals surface area contributed by atoms with Crippen LogP contribution in [0.3, 0.4) is 0 Å². The number of anilines is 1. The maximum atomic E-state index is 5.43. The molecule has 1 aliphatic carbocycles. The molecule has 0 aromatic carbocycles. The van der Waals surface area contributed by atoms with E-state index in [-0.39, 0.29) is 0 Å². The van der Waals surface area contributed by atoms with Gasteiger partial charge >= 0.3 is 0 Å². The average Bonchev–Trinajstić information content (AvgIpc) is 2.55. The highest BCUT2D eigenvalue weighted by atomic mass is 16.5. The van der Waals surface area contributed by atoms with Crippen molar-refractivity contribution in [1.82, 2.24) is 5.16 Å². The zero-order valence-corrected chi connectivity index (χ0v) is 6.56. The van der Waals surface area contributed by atoms with Gasteiger partial charge in [0.1, 0.15) is 0 Å². The Hall–Kier alpha value is -1.03. The fourth-order valence-electron chi connectivity index (χ4n) is 2.14. The summed E-state index contributed by atoms with van der Waals surface area (Å²) in [5, 5.41) is 3.90. The Morgan fingerprint density at radius 1 is 1.42 bits per heavy atom. The smallest absolute Gasteiger partial charge is 0.222 e. The van der Waals surface area contributed by atoms with Gasteiger partial charge < -0.3 is 15.0 Å². The SMILES string of the molecule is Nc1cc(C2C3COCC32)no1. The third kappa shape index (κ3) is 0.728. The van der Waals surface area contributed by atoms with Gasteiger partial charge in [-0.15, -0.1) is 0 Å². The van der Waals surface area contributed by atoms with Gasteiger partial charge in [-0.1, -0.05) is 5.16 Å². The van der Waals surface area contributed by atoms with Crippen LogP contribution in [0, 0.1) is 11.8 Å². The Kier molecular flexibility index (Phi) is 1.09. The lowest BCUT2D eigenvalue weighted by molar-refractivity contribution is 0.159. The lowest BCUT2D eigenvalue weighted by Gasteiger charge is -1.97. The largest absolute Gasteiger partial charge is 0.381 e. The molecule has 3 rings (SSSR count). The molecule has 1 saturated carbocycles. The molecular weight excluding hydrogens is 156 g/mol. The van der Waals surface area contributed by atoms with Gasteiger partial charge in [0.25, 0.3) is 0 Å². The molecule has 0 amide bonds. The van der Waals surface area contributed by atoms with E-state index in [0.29, 0.717) is 23.6 Å². The zero-order chi connectivity index (χ0) is 8.13. The maximum absolute atomic E-state index is 5.43. The highest BCUT2D eigenvalue weighted by Gasteiger charge is 2.56. The molecule has 1 saturated heterocycles. The summed E-state index contributed by atoms with van der Waals surface area (Å²) >= 11 is 0. The molecule has 2 atom stereocenters. The Balaban J connectivity index is 1.84. The molecule has 2 heterocycles. The van der Waals surface area contributed by atoms with Gasteiger partial charge in [0, 0.05) is 12.0 Å². The molecule has 12 heavy (non-hydrogen) atoms. The number of nitrogens with two attached hydrogens (primary N) is 1. The predicted octanol–water partition coefficient (Wildman–Crippen LogP) is 0.617. The summed E-state index contributed by atoms with van der Waals surface area (Å²) in [7, 11) is 0. The van der Waals surface area contributed by atoms with Gasteiger partial charge in [-0.3, -0.25) is 0 Å². The summed E-state index contributed by atoms with van der Waals surface area (Å²) in [4.78, 5) is 0. The van der Waals surface area contributed by atoms with E-state index in [4.69, 9.17) is 15.0 Å². The molecular formula is C8H10N2O2. The van der Waals surface area contributed by atoms with Crippen LogP contribution in [0.1, 0.15) is 11.6 Å². The zero-order valence-electron chi connectivity index (χ0n) is 6.56. The highest BCUT2D eigenvalue weighted by Crippen LogP contribution is 2.57. The van der Waals surface area contributed by atoms with Crippen molar-refractivity contribution < 1.29 is 9.26 Å². The van der Waals surface area contributed by atoms with Crippen molar-refractivity contribution in [1.29, 1.82) is 0 Å². The van der Waals surface area contributed by atoms with Crippen molar-refractivity contribution in [3.05, 3.63) is 11.8 Å². The van der Waals surface area contributed by atoms with E-state index in [2.05, 4.69) is 5.16 Å². The Morgan fingerprint density at radius 3 is 2.75 bits per heavy atom. The molecule has 2 fully saturated rings. The van der Waals surface area contributed by atoms with Crippen LogP contribution in [0.15, 0.2) is 10.6 Å². The third-order valence-corrected chi connectivity index (χ3v) is 2.84. The number of nitrogens with zero attached hydrogens (tertiary/aromatic N) is 1. The van der Waals surface area contributed by atoms with Crippen LogP contribution in [0.4, 0.5) is 5.88 Å². The molecule has 0 spiro atoms. The van der Waals surface area contributed by atoms with Crippen molar-refractivity contribution in [3.8, 4) is 0 Å². The number of hydrogen-bond donors (Lipinski definition) is 1. The summed E-state index contributed by atoms with van der Waals surface area (Å²) in [6.07, 6.45) is 0. The number of ether oxygens (including phenoxy) is 1. The summed E-state index contributed by atoms with van der Waals surface area (Å²) < 4.78 is 10.1. The van der Waals surface area contributed by atoms with E-state index in [1.807, 2.05) is 6.07 Å². The normalized spacial score (nSPS) is 38.2. The van der Waals surface area contributed by atoms with E-state index in [0.717, 1.165) is 18.9 Å². The van der Waals surface area contributed by atoms with Crippen molar-refractivity contribution in [2.24, 2.45) is 11.8 Å². The Morgan fingerprint density at radius 2 is 2.17 bits per heavy atom. The van der Waals surface area contributed by atoms with Gasteiger partial charge in [0.15, 0.2) is 0 Å². The molecule has 64 valence electrons. The molecule has 0 bridgehead atoms. The summed E-state index contributed by atoms with van der Waals surface area (Å²) in [6, 6.07) is 1.82. The van der Waals surface area contributed by atoms with Gasteiger partial charge in [-0.05, 0) is 11.8 Å². The number of fused-ring (bicyclic) bond motifs is 1. The fraction of sp³-hybridized carbons (Fsp3) is 0.625. The minimum atomic E-state index is 0.413. The first-order valence-corrected chi connectivity index (χ1v) is 4.16. The number of hydrogen-bond acceptors (Lipinski definition) is 4. The van der Waals surface area contributed by atoms with E-state index in [1.165, 1.54) is 0 Å². The lowest BCUT2D eigenvalue weighted by atomic mass is 10.2. The molecule has 0 radical (unpaired) electrons. The maximum Gasteiger partial charge on any atom is 0.222 e. The molecule has 2 unspecified atom stereocenters. The number of aromatic nitrogens is 1. The standard InChI is InChI=1S/C8H10N2O2/c9-7-1-6(10-12-7)8-4-2-11-3-5(4)8/h1,4-5,8H,2-3,9H2. The third-order valence-electron chi connectivity index (χ3n) is 2.84. The number of nitrogen functional groups attached to an aromatic ring is 1. The molecule has 1 aliphatic heterocycles. The molecule has 1 aromatic heterocycles. The summed E-state index contributed by atoms with van der Waals surface area (Å²) in [6.45, 7) is 1.75. The highest BCUT2D eigenvalue weighted by molar-refractivity contribution is 5.31. The van der Waals surface area contributed by atoms with E-state index < -0.39 is 0 Å². The second-order valence-electron chi connectivity index (χ2n) is 3.55. The monoisotopic (exact) mass is 166 g/mol. The van der Waals surface area contributed by atoms with Gasteiger partial charge in [-0.2, -0.15) is 0 Å². The first-order valence-electron chi connectivity index (χ1n) is 4.16. The molecule has 4 heteroatoms. The topological polar surface area (TPSA) is 61.3 Å². The van der Waals surface area contributed by atoms with Crippen LogP contribution in [0.5, 0.6) is 0 Å². The Labute approximate surface area is 69.7 Å². The quantitative estimate of drug-likeness (QED) is 0.664. The minimum Gasteiger partial charge on any atom is -0.381 e. The minimum absolute atomic E-state index is 0.413. The first-order chi connectivity index (χ1) is 5.86. The van der Waals surface area contributed by atoms with Gasteiger partial charge in [0.05, 0.1) is 18.9 Å². The van der Waals surface area contributed by atoms with Crippen molar-refractivity contribution in [2.45, 2.75) is 5.92 Å². The average molecular weight is 166 g/mol. The summed E-state index contributed by atoms with van der Waals surface area (Å²) in [5.74, 6) is 2.32. The van der Waals surface area contributed by atoms with Crippen molar-refractivity contribution in [2.75, 3.05) is 18.9 Å². The van der Waals surface area contributed by atoms with Crippen molar-refractivity contribution >= 4 is 5.88 Å². The van der Waals surface area contributed by atoms with Crippen LogP contribution in [-0.2, 0) is 4.74 Å². The second kappa shape index (κ2) is 2.01. The van der Waals surface area contributed by atoms with E-state index in [9.17, 15) is 0 Å². The summed E-state index contributed by atoms with van der Waals surface area (Å²) in [5.41, 5.74) is 6.44. The van der Waals surface area contributed by atoms with Crippen LogP contribution in [0.2, 0.25) is 0 Å². The van der Waals surface area contributed by atoms with Gasteiger partial charge in [-0.25, -0.2) is 0 Å². The predicted molar refractivity (Wildman–Crippen MR) is 41.5 cm³/mol. The van der Waals surface area contributed by atoms with Crippen LogP contribution < -0.4 is 5.73 Å². The van der Waals surface area contributed by atoms with E-state index in [1.54, 1.807) is 0 Å². The second-order valence-corrected chi connectivity index (χ2v) is 3.55. The van der Waals surface area contributed by atoms with Crippen molar-refractivity contribution in [3.63, 3.8) is 0 Å². The molecule has 2 aliphatic rings. The van der Waals surface area contributed by atoms with Crippen LogP contribution >= 0.6 is 0 Å². The molecule has 1 aromatic rings. The van der Waals surface area contributed by atoms with E-state index >= 15 is 0 Å². The fourth-order valence-corrected chi connectivity index (χ4v) is 2.14. The molecule has 2 N–H and O–H groups in total. The first kappa shape index (κ1) is 6.48. The van der Waals surface area contributed by atoms with Gasteiger partial charge in [0.2, 0.25) is 5.88 Å².